The van der Waals surface area contributed by atoms with Gasteiger partial charge in [-0.1, -0.05) is 24.3 Å². The van der Waals surface area contributed by atoms with Gasteiger partial charge in [0.2, 0.25) is 0 Å². The van der Waals surface area contributed by atoms with Crippen molar-refractivity contribution in [2.45, 2.75) is 13.8 Å². The molecule has 2 heterocycles. The van der Waals surface area contributed by atoms with Crippen molar-refractivity contribution < 1.29 is 19.1 Å². The Labute approximate surface area is 149 Å². The highest BCUT2D eigenvalue weighted by Crippen LogP contribution is 2.34. The minimum absolute atomic E-state index is 0.209. The summed E-state index contributed by atoms with van der Waals surface area (Å²) in [5, 5.41) is 11.2. The summed E-state index contributed by atoms with van der Waals surface area (Å²) in [6, 6.07) is 12.7. The number of aromatic nitrogens is 1. The SMILES string of the molecule is COc1cccc2cc(-c3cc(C(=O)O)c4ccc(C)c(C)c4n3)oc12. The lowest BCUT2D eigenvalue weighted by atomic mass is 10.0. The van der Waals surface area contributed by atoms with Crippen molar-refractivity contribution >= 4 is 27.8 Å². The molecule has 0 aliphatic rings. The van der Waals surface area contributed by atoms with Crippen LogP contribution in [0.15, 0.2) is 46.9 Å². The molecule has 0 amide bonds. The van der Waals surface area contributed by atoms with E-state index in [-0.39, 0.29) is 5.56 Å². The largest absolute Gasteiger partial charge is 0.493 e. The molecule has 0 spiro atoms. The first-order valence-electron chi connectivity index (χ1n) is 8.20. The number of ether oxygens (including phenoxy) is 1. The summed E-state index contributed by atoms with van der Waals surface area (Å²) in [6.07, 6.45) is 0. The lowest BCUT2D eigenvalue weighted by Crippen LogP contribution is -2.01. The minimum atomic E-state index is -0.990. The predicted octanol–water partition coefficient (Wildman–Crippen LogP) is 4.97. The van der Waals surface area contributed by atoms with Gasteiger partial charge in [0.25, 0.3) is 0 Å². The second kappa shape index (κ2) is 5.88. The summed E-state index contributed by atoms with van der Waals surface area (Å²) in [4.78, 5) is 16.5. The predicted molar refractivity (Wildman–Crippen MR) is 99.9 cm³/mol. The zero-order valence-corrected chi connectivity index (χ0v) is 14.7. The molecule has 130 valence electrons. The van der Waals surface area contributed by atoms with Gasteiger partial charge in [-0.2, -0.15) is 0 Å². The molecule has 2 aromatic heterocycles. The molecule has 0 atom stereocenters. The zero-order valence-electron chi connectivity index (χ0n) is 14.7. The van der Waals surface area contributed by atoms with Crippen LogP contribution >= 0.6 is 0 Å². The van der Waals surface area contributed by atoms with Gasteiger partial charge in [-0.25, -0.2) is 9.78 Å². The molecule has 0 radical (unpaired) electrons. The third-order valence-corrected chi connectivity index (χ3v) is 4.72. The lowest BCUT2D eigenvalue weighted by Gasteiger charge is -2.09. The van der Waals surface area contributed by atoms with E-state index >= 15 is 0 Å². The molecule has 5 nitrogen and oxygen atoms in total. The molecule has 0 bridgehead atoms. The van der Waals surface area contributed by atoms with Crippen LogP contribution in [-0.2, 0) is 0 Å². The monoisotopic (exact) mass is 347 g/mol. The average Bonchev–Trinajstić information content (AvgIpc) is 3.08. The van der Waals surface area contributed by atoms with Crippen molar-refractivity contribution in [2.75, 3.05) is 7.11 Å². The third-order valence-electron chi connectivity index (χ3n) is 4.72. The van der Waals surface area contributed by atoms with Gasteiger partial charge in [0.05, 0.1) is 18.2 Å². The summed E-state index contributed by atoms with van der Waals surface area (Å²) in [5.41, 5.74) is 4.00. The van der Waals surface area contributed by atoms with Crippen LogP contribution in [0.4, 0.5) is 0 Å². The normalized spacial score (nSPS) is 11.2. The van der Waals surface area contributed by atoms with Crippen LogP contribution in [0.1, 0.15) is 21.5 Å². The number of rotatable bonds is 3. The van der Waals surface area contributed by atoms with E-state index < -0.39 is 5.97 Å². The Morgan fingerprint density at radius 2 is 1.96 bits per heavy atom. The number of benzene rings is 2. The maximum Gasteiger partial charge on any atom is 0.336 e. The van der Waals surface area contributed by atoms with Gasteiger partial charge in [0.15, 0.2) is 17.1 Å². The first-order chi connectivity index (χ1) is 12.5. The van der Waals surface area contributed by atoms with E-state index in [2.05, 4.69) is 0 Å². The van der Waals surface area contributed by atoms with E-state index in [1.54, 1.807) is 19.2 Å². The molecule has 0 saturated carbocycles. The van der Waals surface area contributed by atoms with E-state index in [4.69, 9.17) is 14.1 Å². The van der Waals surface area contributed by atoms with Gasteiger partial charge in [-0.3, -0.25) is 0 Å². The standard InChI is InChI=1S/C21H17NO4/c1-11-7-8-14-15(21(23)24)10-16(22-19(14)12(11)2)18-9-13-5-4-6-17(25-3)20(13)26-18/h4-10H,1-3H3,(H,23,24). The maximum absolute atomic E-state index is 11.8. The Morgan fingerprint density at radius 1 is 1.15 bits per heavy atom. The molecule has 0 aliphatic carbocycles. The zero-order chi connectivity index (χ0) is 18.4. The molecule has 2 aromatic carbocycles. The summed E-state index contributed by atoms with van der Waals surface area (Å²) < 4.78 is 11.3. The number of furan rings is 1. The topological polar surface area (TPSA) is 72.6 Å². The molecule has 0 fully saturated rings. The van der Waals surface area contributed by atoms with Crippen molar-refractivity contribution in [1.82, 2.24) is 4.98 Å². The van der Waals surface area contributed by atoms with E-state index in [0.717, 1.165) is 16.5 Å². The number of carboxylic acids is 1. The summed E-state index contributed by atoms with van der Waals surface area (Å²) >= 11 is 0. The molecular formula is C21H17NO4. The van der Waals surface area contributed by atoms with Gasteiger partial charge >= 0.3 is 5.97 Å². The Bertz CT molecular complexity index is 1170. The minimum Gasteiger partial charge on any atom is -0.493 e. The fourth-order valence-corrected chi connectivity index (χ4v) is 3.16. The number of pyridine rings is 1. The van der Waals surface area contributed by atoms with Crippen LogP contribution < -0.4 is 4.74 Å². The number of aryl methyl sites for hydroxylation is 2. The molecule has 1 N–H and O–H groups in total. The van der Waals surface area contributed by atoms with E-state index in [1.165, 1.54) is 0 Å². The average molecular weight is 347 g/mol. The van der Waals surface area contributed by atoms with Crippen molar-refractivity contribution in [3.8, 4) is 17.2 Å². The summed E-state index contributed by atoms with van der Waals surface area (Å²) in [6.45, 7) is 3.93. The molecular weight excluding hydrogens is 330 g/mol. The second-order valence-electron chi connectivity index (χ2n) is 6.25. The number of hydrogen-bond donors (Lipinski definition) is 1. The van der Waals surface area contributed by atoms with Crippen LogP contribution in [0.3, 0.4) is 0 Å². The fraction of sp³-hybridized carbons (Fsp3) is 0.143. The van der Waals surface area contributed by atoms with Gasteiger partial charge < -0.3 is 14.3 Å². The molecule has 0 aliphatic heterocycles. The van der Waals surface area contributed by atoms with E-state index in [1.807, 2.05) is 44.2 Å². The number of nitrogens with zero attached hydrogens (tertiary/aromatic N) is 1. The van der Waals surface area contributed by atoms with Crippen LogP contribution in [0.5, 0.6) is 5.75 Å². The van der Waals surface area contributed by atoms with E-state index in [9.17, 15) is 9.90 Å². The quantitative estimate of drug-likeness (QED) is 0.566. The van der Waals surface area contributed by atoms with Gasteiger partial charge in [0, 0.05) is 10.8 Å². The third kappa shape index (κ3) is 2.40. The van der Waals surface area contributed by atoms with Crippen molar-refractivity contribution in [1.29, 1.82) is 0 Å². The fourth-order valence-electron chi connectivity index (χ4n) is 3.16. The molecule has 26 heavy (non-hydrogen) atoms. The highest BCUT2D eigenvalue weighted by atomic mass is 16.5. The number of carbonyl (C=O) groups is 1. The smallest absolute Gasteiger partial charge is 0.336 e. The first kappa shape index (κ1) is 16.1. The van der Waals surface area contributed by atoms with E-state index in [0.29, 0.717) is 33.7 Å². The number of fused-ring (bicyclic) bond motifs is 2. The molecule has 4 aromatic rings. The Hall–Kier alpha value is -3.34. The van der Waals surface area contributed by atoms with Gasteiger partial charge in [-0.05, 0) is 43.2 Å². The number of carboxylic acid groups (broad SMARTS) is 1. The Balaban J connectivity index is 2.03. The van der Waals surface area contributed by atoms with Crippen molar-refractivity contribution in [3.63, 3.8) is 0 Å². The molecule has 5 heteroatoms. The molecule has 0 saturated heterocycles. The van der Waals surface area contributed by atoms with Crippen LogP contribution in [0.25, 0.3) is 33.3 Å². The maximum atomic E-state index is 11.8. The first-order valence-corrected chi connectivity index (χ1v) is 8.20. The van der Waals surface area contributed by atoms with Crippen molar-refractivity contribution in [2.24, 2.45) is 0 Å². The van der Waals surface area contributed by atoms with Crippen molar-refractivity contribution in [3.05, 3.63) is 59.2 Å². The number of methoxy groups -OCH3 is 1. The number of para-hydroxylation sites is 1. The van der Waals surface area contributed by atoms with Crippen LogP contribution in [0.2, 0.25) is 0 Å². The Kier molecular flexibility index (Phi) is 3.65. The molecule has 0 unspecified atom stereocenters. The highest BCUT2D eigenvalue weighted by molar-refractivity contribution is 6.04. The van der Waals surface area contributed by atoms with Crippen LogP contribution in [0, 0.1) is 13.8 Å². The number of hydrogen-bond acceptors (Lipinski definition) is 4. The van der Waals surface area contributed by atoms with Gasteiger partial charge in [0.1, 0.15) is 5.69 Å². The summed E-state index contributed by atoms with van der Waals surface area (Å²) in [7, 11) is 1.58. The highest BCUT2D eigenvalue weighted by Gasteiger charge is 2.18. The Morgan fingerprint density at radius 3 is 2.69 bits per heavy atom. The molecule has 4 rings (SSSR count). The van der Waals surface area contributed by atoms with Gasteiger partial charge in [-0.15, -0.1) is 0 Å². The number of aromatic carboxylic acids is 1. The van der Waals surface area contributed by atoms with Crippen LogP contribution in [-0.4, -0.2) is 23.2 Å². The second-order valence-corrected chi connectivity index (χ2v) is 6.25. The lowest BCUT2D eigenvalue weighted by molar-refractivity contribution is 0.0699. The summed E-state index contributed by atoms with van der Waals surface area (Å²) in [5.74, 6) is 0.144.